The van der Waals surface area contributed by atoms with Crippen LogP contribution in [0.15, 0.2) is 0 Å². The lowest BCUT2D eigenvalue weighted by atomic mass is 9.92. The maximum Gasteiger partial charge on any atom is 0.220 e. The van der Waals surface area contributed by atoms with Crippen molar-refractivity contribution in [2.24, 2.45) is 11.3 Å². The van der Waals surface area contributed by atoms with E-state index >= 15 is 0 Å². The average Bonchev–Trinajstić information content (AvgIpc) is 2.09. The van der Waals surface area contributed by atoms with Crippen molar-refractivity contribution in [3.05, 3.63) is 0 Å². The fourth-order valence-corrected chi connectivity index (χ4v) is 1.31. The minimum absolute atomic E-state index is 0.0580. The van der Waals surface area contributed by atoms with Crippen LogP contribution < -0.4 is 5.32 Å². The van der Waals surface area contributed by atoms with Crippen molar-refractivity contribution >= 4 is 5.91 Å². The molecular formula is C12H25NO2. The Bertz CT molecular complexity index is 185. The number of hydrogen-bond donors (Lipinski definition) is 2. The molecule has 0 spiro atoms. The normalized spacial score (nSPS) is 13.7. The molecule has 0 fully saturated rings. The molecule has 90 valence electrons. The first-order chi connectivity index (χ1) is 6.85. The number of aliphatic hydroxyl groups is 1. The summed E-state index contributed by atoms with van der Waals surface area (Å²) in [6.07, 6.45) is 2.48. The summed E-state index contributed by atoms with van der Waals surface area (Å²) in [5.41, 5.74) is 0.0580. The molecule has 0 aliphatic rings. The van der Waals surface area contributed by atoms with Gasteiger partial charge in [-0.05, 0) is 24.2 Å². The molecule has 0 heterocycles. The lowest BCUT2D eigenvalue weighted by Gasteiger charge is -2.17. The van der Waals surface area contributed by atoms with E-state index in [2.05, 4.69) is 26.1 Å². The summed E-state index contributed by atoms with van der Waals surface area (Å²) < 4.78 is 0. The van der Waals surface area contributed by atoms with Crippen LogP contribution in [0.25, 0.3) is 0 Å². The van der Waals surface area contributed by atoms with E-state index < -0.39 is 0 Å². The highest BCUT2D eigenvalue weighted by molar-refractivity contribution is 5.76. The molecular weight excluding hydrogens is 190 g/mol. The monoisotopic (exact) mass is 215 g/mol. The second-order valence-electron chi connectivity index (χ2n) is 5.52. The van der Waals surface area contributed by atoms with Crippen molar-refractivity contribution in [3.63, 3.8) is 0 Å². The number of hydrogen-bond acceptors (Lipinski definition) is 2. The molecule has 0 aromatic heterocycles. The molecule has 0 bridgehead atoms. The number of carbonyl (C=O) groups excluding carboxylic acids is 1. The molecule has 0 saturated carbocycles. The standard InChI is InChI=1S/C12H25NO2/c1-10(9-14)6-5-7-13-11(15)8-12(2,3)4/h10,14H,5-9H2,1-4H3,(H,13,15). The molecule has 1 atom stereocenters. The van der Waals surface area contributed by atoms with Gasteiger partial charge in [0.15, 0.2) is 0 Å². The van der Waals surface area contributed by atoms with Gasteiger partial charge in [-0.3, -0.25) is 4.79 Å². The number of carbonyl (C=O) groups is 1. The van der Waals surface area contributed by atoms with E-state index in [4.69, 9.17) is 5.11 Å². The zero-order chi connectivity index (χ0) is 11.9. The van der Waals surface area contributed by atoms with Crippen LogP contribution in [0.5, 0.6) is 0 Å². The summed E-state index contributed by atoms with van der Waals surface area (Å²) in [5.74, 6) is 0.462. The van der Waals surface area contributed by atoms with E-state index in [9.17, 15) is 4.79 Å². The molecule has 1 unspecified atom stereocenters. The fraction of sp³-hybridized carbons (Fsp3) is 0.917. The predicted molar refractivity (Wildman–Crippen MR) is 62.6 cm³/mol. The van der Waals surface area contributed by atoms with Gasteiger partial charge < -0.3 is 10.4 Å². The summed E-state index contributed by atoms with van der Waals surface area (Å²) >= 11 is 0. The first kappa shape index (κ1) is 14.4. The first-order valence-corrected chi connectivity index (χ1v) is 5.72. The number of amides is 1. The smallest absolute Gasteiger partial charge is 0.220 e. The molecule has 0 aromatic rings. The molecule has 3 nitrogen and oxygen atoms in total. The van der Waals surface area contributed by atoms with Gasteiger partial charge in [0.1, 0.15) is 0 Å². The van der Waals surface area contributed by atoms with Gasteiger partial charge >= 0.3 is 0 Å². The van der Waals surface area contributed by atoms with Gasteiger partial charge in [-0.2, -0.15) is 0 Å². The molecule has 2 N–H and O–H groups in total. The molecule has 1 amide bonds. The molecule has 0 rings (SSSR count). The minimum atomic E-state index is 0.0580. The summed E-state index contributed by atoms with van der Waals surface area (Å²) in [4.78, 5) is 11.4. The Morgan fingerprint density at radius 2 is 2.00 bits per heavy atom. The van der Waals surface area contributed by atoms with Gasteiger partial charge in [-0.1, -0.05) is 27.7 Å². The van der Waals surface area contributed by atoms with Gasteiger partial charge in [-0.15, -0.1) is 0 Å². The highest BCUT2D eigenvalue weighted by atomic mass is 16.3. The van der Waals surface area contributed by atoms with Crippen molar-refractivity contribution in [2.75, 3.05) is 13.2 Å². The van der Waals surface area contributed by atoms with Crippen LogP contribution >= 0.6 is 0 Å². The van der Waals surface area contributed by atoms with E-state index in [-0.39, 0.29) is 17.9 Å². The van der Waals surface area contributed by atoms with Gasteiger partial charge in [0.05, 0.1) is 0 Å². The quantitative estimate of drug-likeness (QED) is 0.665. The Kier molecular flexibility index (Phi) is 6.57. The topological polar surface area (TPSA) is 49.3 Å². The van der Waals surface area contributed by atoms with Crippen LogP contribution in [0.1, 0.15) is 47.0 Å². The molecule has 0 saturated heterocycles. The summed E-state index contributed by atoms with van der Waals surface area (Å²) in [7, 11) is 0. The number of rotatable bonds is 6. The summed E-state index contributed by atoms with van der Waals surface area (Å²) in [6.45, 7) is 9.13. The SMILES string of the molecule is CC(CO)CCCNC(=O)CC(C)(C)C. The Hall–Kier alpha value is -0.570. The van der Waals surface area contributed by atoms with Crippen molar-refractivity contribution in [3.8, 4) is 0 Å². The third-order valence-corrected chi connectivity index (χ3v) is 2.20. The Labute approximate surface area is 93.3 Å². The lowest BCUT2D eigenvalue weighted by molar-refractivity contribution is -0.122. The van der Waals surface area contributed by atoms with E-state index in [1.165, 1.54) is 0 Å². The lowest BCUT2D eigenvalue weighted by Crippen LogP contribution is -2.28. The van der Waals surface area contributed by atoms with Crippen molar-refractivity contribution in [2.45, 2.75) is 47.0 Å². The van der Waals surface area contributed by atoms with Gasteiger partial charge in [0.25, 0.3) is 0 Å². The molecule has 0 aliphatic heterocycles. The van der Waals surface area contributed by atoms with Crippen LogP contribution in [-0.4, -0.2) is 24.2 Å². The number of nitrogens with one attached hydrogen (secondary N) is 1. The van der Waals surface area contributed by atoms with Crippen LogP contribution in [-0.2, 0) is 4.79 Å². The van der Waals surface area contributed by atoms with E-state index in [0.717, 1.165) is 19.4 Å². The molecule has 3 heteroatoms. The van der Waals surface area contributed by atoms with Crippen LogP contribution in [0.2, 0.25) is 0 Å². The Balaban J connectivity index is 3.48. The van der Waals surface area contributed by atoms with Crippen LogP contribution in [0.3, 0.4) is 0 Å². The average molecular weight is 215 g/mol. The third-order valence-electron chi connectivity index (χ3n) is 2.20. The van der Waals surface area contributed by atoms with Crippen molar-refractivity contribution in [1.29, 1.82) is 0 Å². The molecule has 0 radical (unpaired) electrons. The van der Waals surface area contributed by atoms with Crippen molar-refractivity contribution in [1.82, 2.24) is 5.32 Å². The summed E-state index contributed by atoms with van der Waals surface area (Å²) in [5, 5.41) is 11.7. The zero-order valence-electron chi connectivity index (χ0n) is 10.5. The minimum Gasteiger partial charge on any atom is -0.396 e. The van der Waals surface area contributed by atoms with Gasteiger partial charge in [-0.25, -0.2) is 0 Å². The third kappa shape index (κ3) is 9.73. The Morgan fingerprint density at radius 3 is 2.47 bits per heavy atom. The van der Waals surface area contributed by atoms with E-state index in [0.29, 0.717) is 12.3 Å². The molecule has 0 aromatic carbocycles. The van der Waals surface area contributed by atoms with Crippen LogP contribution in [0, 0.1) is 11.3 Å². The second kappa shape index (κ2) is 6.83. The van der Waals surface area contributed by atoms with E-state index in [1.807, 2.05) is 6.92 Å². The maximum absolute atomic E-state index is 11.4. The zero-order valence-corrected chi connectivity index (χ0v) is 10.5. The highest BCUT2D eigenvalue weighted by Crippen LogP contribution is 2.17. The largest absolute Gasteiger partial charge is 0.396 e. The van der Waals surface area contributed by atoms with Gasteiger partial charge in [0, 0.05) is 19.6 Å². The van der Waals surface area contributed by atoms with Crippen molar-refractivity contribution < 1.29 is 9.90 Å². The fourth-order valence-electron chi connectivity index (χ4n) is 1.31. The maximum atomic E-state index is 11.4. The molecule has 15 heavy (non-hydrogen) atoms. The van der Waals surface area contributed by atoms with Gasteiger partial charge in [0.2, 0.25) is 5.91 Å². The number of aliphatic hydroxyl groups excluding tert-OH is 1. The second-order valence-corrected chi connectivity index (χ2v) is 5.52. The highest BCUT2D eigenvalue weighted by Gasteiger charge is 2.15. The molecule has 0 aliphatic carbocycles. The van der Waals surface area contributed by atoms with E-state index in [1.54, 1.807) is 0 Å². The first-order valence-electron chi connectivity index (χ1n) is 5.72. The predicted octanol–water partition coefficient (Wildman–Crippen LogP) is 1.95. The summed E-state index contributed by atoms with van der Waals surface area (Å²) in [6, 6.07) is 0. The van der Waals surface area contributed by atoms with Crippen LogP contribution in [0.4, 0.5) is 0 Å². The Morgan fingerprint density at radius 1 is 1.40 bits per heavy atom.